The van der Waals surface area contributed by atoms with Gasteiger partial charge in [-0.1, -0.05) is 6.07 Å². The Labute approximate surface area is 219 Å². The first-order valence-corrected chi connectivity index (χ1v) is 14.5. The molecule has 4 N–H and O–H groups in total. The number of thioether (sulfide) groups is 1. The van der Waals surface area contributed by atoms with Crippen molar-refractivity contribution >= 4 is 23.5 Å². The summed E-state index contributed by atoms with van der Waals surface area (Å²) in [6.07, 6.45) is 15.0. The summed E-state index contributed by atoms with van der Waals surface area (Å²) < 4.78 is 0. The van der Waals surface area contributed by atoms with Crippen molar-refractivity contribution in [3.05, 3.63) is 35.7 Å². The number of aliphatic hydroxyl groups is 1. The summed E-state index contributed by atoms with van der Waals surface area (Å²) in [7, 11) is 0. The van der Waals surface area contributed by atoms with Crippen LogP contribution in [0.4, 0.5) is 11.8 Å². The molecule has 2 heterocycles. The molecule has 0 atom stereocenters. The van der Waals surface area contributed by atoms with Gasteiger partial charge < -0.3 is 21.1 Å². The number of nitriles is 1. The molecule has 36 heavy (non-hydrogen) atoms. The van der Waals surface area contributed by atoms with Crippen molar-refractivity contribution in [3.8, 4) is 6.07 Å². The quantitative estimate of drug-likeness (QED) is 0.326. The lowest BCUT2D eigenvalue weighted by Gasteiger charge is -2.32. The number of nitrogens with zero attached hydrogens (tertiary/aromatic N) is 4. The van der Waals surface area contributed by atoms with Crippen molar-refractivity contribution in [2.75, 3.05) is 36.6 Å². The summed E-state index contributed by atoms with van der Waals surface area (Å²) in [5.41, 5.74) is 1.56. The monoisotopic (exact) mass is 509 g/mol. The number of nitrogens with one attached hydrogen (secondary N) is 3. The SMILES string of the molecule is CSc1ncccc1CNc1ncc(C#N)c(NCC2CCC(NCC3CCC(CO)CC3)CC2)n1. The Morgan fingerprint density at radius 3 is 2.44 bits per heavy atom. The number of hydrogen-bond donors (Lipinski definition) is 4. The molecule has 0 radical (unpaired) electrons. The first kappa shape index (κ1) is 26.6. The van der Waals surface area contributed by atoms with E-state index in [0.29, 0.717) is 48.4 Å². The fourth-order valence-corrected chi connectivity index (χ4v) is 5.93. The van der Waals surface area contributed by atoms with Gasteiger partial charge in [0.2, 0.25) is 5.95 Å². The van der Waals surface area contributed by atoms with Crippen LogP contribution < -0.4 is 16.0 Å². The molecule has 2 aromatic rings. The zero-order chi connectivity index (χ0) is 25.2. The molecule has 0 unspecified atom stereocenters. The lowest BCUT2D eigenvalue weighted by molar-refractivity contribution is 0.163. The van der Waals surface area contributed by atoms with Gasteiger partial charge >= 0.3 is 0 Å². The van der Waals surface area contributed by atoms with Gasteiger partial charge in [0.15, 0.2) is 0 Å². The molecule has 0 aliphatic heterocycles. The maximum absolute atomic E-state index is 9.53. The van der Waals surface area contributed by atoms with Gasteiger partial charge in [0.1, 0.15) is 22.5 Å². The van der Waals surface area contributed by atoms with E-state index in [9.17, 15) is 10.4 Å². The molecule has 0 bridgehead atoms. The minimum absolute atomic E-state index is 0.353. The molecule has 194 valence electrons. The summed E-state index contributed by atoms with van der Waals surface area (Å²) in [6, 6.07) is 6.79. The number of aromatic nitrogens is 3. The summed E-state index contributed by atoms with van der Waals surface area (Å²) in [6.45, 7) is 2.87. The van der Waals surface area contributed by atoms with Crippen LogP contribution in [0, 0.1) is 29.1 Å². The largest absolute Gasteiger partial charge is 0.396 e. The van der Waals surface area contributed by atoms with Gasteiger partial charge in [-0.3, -0.25) is 0 Å². The molecule has 2 aromatic heterocycles. The van der Waals surface area contributed by atoms with Gasteiger partial charge in [0.05, 0.1) is 6.20 Å². The van der Waals surface area contributed by atoms with E-state index >= 15 is 0 Å². The van der Waals surface area contributed by atoms with Crippen LogP contribution in [0.15, 0.2) is 29.6 Å². The van der Waals surface area contributed by atoms with Gasteiger partial charge in [-0.15, -0.1) is 11.8 Å². The van der Waals surface area contributed by atoms with Gasteiger partial charge in [-0.25, -0.2) is 9.97 Å². The molecule has 4 rings (SSSR count). The molecule has 0 spiro atoms. The molecule has 8 nitrogen and oxygen atoms in total. The second-order valence-corrected chi connectivity index (χ2v) is 11.0. The van der Waals surface area contributed by atoms with E-state index in [1.54, 1.807) is 24.2 Å². The maximum atomic E-state index is 9.53. The van der Waals surface area contributed by atoms with Crippen molar-refractivity contribution < 1.29 is 5.11 Å². The van der Waals surface area contributed by atoms with Gasteiger partial charge in [-0.05, 0) is 88.0 Å². The number of pyridine rings is 1. The van der Waals surface area contributed by atoms with E-state index in [1.807, 2.05) is 18.4 Å². The molecule has 2 aliphatic carbocycles. The molecule has 9 heteroatoms. The van der Waals surface area contributed by atoms with Crippen LogP contribution in [0.25, 0.3) is 0 Å². The van der Waals surface area contributed by atoms with E-state index in [1.165, 1.54) is 51.4 Å². The first-order valence-electron chi connectivity index (χ1n) is 13.3. The third-order valence-corrected chi connectivity index (χ3v) is 8.47. The molecule has 0 saturated heterocycles. The Morgan fingerprint density at radius 2 is 1.72 bits per heavy atom. The number of rotatable bonds is 11. The third kappa shape index (κ3) is 7.55. The fraction of sp³-hybridized carbons (Fsp3) is 0.630. The van der Waals surface area contributed by atoms with E-state index in [0.717, 1.165) is 29.6 Å². The Morgan fingerprint density at radius 1 is 1.00 bits per heavy atom. The number of hydrogen-bond acceptors (Lipinski definition) is 9. The van der Waals surface area contributed by atoms with Crippen molar-refractivity contribution in [2.24, 2.45) is 17.8 Å². The highest BCUT2D eigenvalue weighted by Gasteiger charge is 2.24. The van der Waals surface area contributed by atoms with Crippen molar-refractivity contribution in [1.29, 1.82) is 5.26 Å². The highest BCUT2D eigenvalue weighted by Crippen LogP contribution is 2.29. The maximum Gasteiger partial charge on any atom is 0.224 e. The predicted molar refractivity (Wildman–Crippen MR) is 145 cm³/mol. The highest BCUT2D eigenvalue weighted by molar-refractivity contribution is 7.98. The fourth-order valence-electron chi connectivity index (χ4n) is 5.36. The molecule has 0 aromatic carbocycles. The normalized spacial score (nSPS) is 24.1. The van der Waals surface area contributed by atoms with Crippen LogP contribution in [-0.2, 0) is 6.54 Å². The van der Waals surface area contributed by atoms with Crippen molar-refractivity contribution in [2.45, 2.75) is 69.0 Å². The molecular formula is C27H39N7OS. The van der Waals surface area contributed by atoms with Crippen LogP contribution in [0.2, 0.25) is 0 Å². The van der Waals surface area contributed by atoms with Crippen LogP contribution >= 0.6 is 11.8 Å². The Bertz CT molecular complexity index is 998. The standard InChI is InChI=1S/C27H39N7OS/c1-36-26-22(3-2-12-29-26)16-32-27-33-17-23(13-28)25(34-27)31-15-20-8-10-24(11-9-20)30-14-19-4-6-21(18-35)7-5-19/h2-3,12,17,19-21,24,30,35H,4-11,14-16,18H2,1H3,(H2,31,32,33,34). The molecule has 2 aliphatic rings. The number of aliphatic hydroxyl groups excluding tert-OH is 1. The minimum atomic E-state index is 0.353. The van der Waals surface area contributed by atoms with Crippen LogP contribution in [-0.4, -0.2) is 52.1 Å². The smallest absolute Gasteiger partial charge is 0.224 e. The summed E-state index contributed by atoms with van der Waals surface area (Å²) in [5, 5.41) is 30.4. The van der Waals surface area contributed by atoms with Crippen molar-refractivity contribution in [3.63, 3.8) is 0 Å². The van der Waals surface area contributed by atoms with Crippen molar-refractivity contribution in [1.82, 2.24) is 20.3 Å². The van der Waals surface area contributed by atoms with E-state index in [-0.39, 0.29) is 0 Å². The highest BCUT2D eigenvalue weighted by atomic mass is 32.2. The molecule has 2 saturated carbocycles. The van der Waals surface area contributed by atoms with Crippen LogP contribution in [0.5, 0.6) is 0 Å². The average Bonchev–Trinajstić information content (AvgIpc) is 2.94. The van der Waals surface area contributed by atoms with E-state index in [2.05, 4.69) is 37.0 Å². The topological polar surface area (TPSA) is 119 Å². The van der Waals surface area contributed by atoms with E-state index in [4.69, 9.17) is 0 Å². The van der Waals surface area contributed by atoms with Gasteiger partial charge in [-0.2, -0.15) is 10.2 Å². The zero-order valence-electron chi connectivity index (χ0n) is 21.2. The first-order chi connectivity index (χ1) is 17.7. The number of anilines is 2. The summed E-state index contributed by atoms with van der Waals surface area (Å²) >= 11 is 1.61. The van der Waals surface area contributed by atoms with Gasteiger partial charge in [0, 0.05) is 37.5 Å². The Balaban J connectivity index is 1.21. The molecular weight excluding hydrogens is 470 g/mol. The Hall–Kier alpha value is -2.41. The van der Waals surface area contributed by atoms with E-state index < -0.39 is 0 Å². The van der Waals surface area contributed by atoms with Crippen LogP contribution in [0.3, 0.4) is 0 Å². The average molecular weight is 510 g/mol. The third-order valence-electron chi connectivity index (χ3n) is 7.71. The second-order valence-electron chi connectivity index (χ2n) is 10.2. The second kappa shape index (κ2) is 13.8. The minimum Gasteiger partial charge on any atom is -0.396 e. The molecule has 2 fully saturated rings. The zero-order valence-corrected chi connectivity index (χ0v) is 22.1. The van der Waals surface area contributed by atoms with Gasteiger partial charge in [0.25, 0.3) is 0 Å². The summed E-state index contributed by atoms with van der Waals surface area (Å²) in [5.74, 6) is 2.99. The lowest BCUT2D eigenvalue weighted by Crippen LogP contribution is -2.38. The summed E-state index contributed by atoms with van der Waals surface area (Å²) in [4.78, 5) is 13.3. The Kier molecular flexibility index (Phi) is 10.2. The molecule has 0 amide bonds. The van der Waals surface area contributed by atoms with Crippen LogP contribution in [0.1, 0.15) is 62.5 Å². The lowest BCUT2D eigenvalue weighted by atomic mass is 9.81. The predicted octanol–water partition coefficient (Wildman–Crippen LogP) is 4.44.